The minimum Gasteiger partial charge on any atom is -0.453 e. The standard InChI is InChI=1S/C17H19BClNO3/c1-16(2,21)17(3,4)23-18-10-6-5-7-12-13(10)14-15(22-12)11(19)8-9-20-14/h5-9,18,21H,1-4H3. The van der Waals surface area contributed by atoms with Gasteiger partial charge in [-0.3, -0.25) is 4.98 Å². The largest absolute Gasteiger partial charge is 0.453 e. The van der Waals surface area contributed by atoms with E-state index in [0.717, 1.165) is 21.9 Å². The molecule has 0 unspecified atom stereocenters. The average Bonchev–Trinajstić information content (AvgIpc) is 2.85. The van der Waals surface area contributed by atoms with E-state index in [1.807, 2.05) is 32.0 Å². The minimum atomic E-state index is -0.957. The number of fused-ring (bicyclic) bond motifs is 3. The second-order valence-corrected chi connectivity index (χ2v) is 7.13. The van der Waals surface area contributed by atoms with Gasteiger partial charge in [-0.05, 0) is 45.3 Å². The van der Waals surface area contributed by atoms with Gasteiger partial charge in [0.15, 0.2) is 5.58 Å². The zero-order valence-corrected chi connectivity index (χ0v) is 14.4. The van der Waals surface area contributed by atoms with Gasteiger partial charge < -0.3 is 14.2 Å². The molecule has 0 atom stereocenters. The van der Waals surface area contributed by atoms with Gasteiger partial charge in [0, 0.05) is 11.6 Å². The van der Waals surface area contributed by atoms with Crippen molar-refractivity contribution in [1.82, 2.24) is 4.98 Å². The number of nitrogens with zero attached hydrogens (tertiary/aromatic N) is 1. The van der Waals surface area contributed by atoms with E-state index in [9.17, 15) is 5.11 Å². The summed E-state index contributed by atoms with van der Waals surface area (Å²) < 4.78 is 11.8. The molecule has 0 saturated heterocycles. The first-order valence-corrected chi connectivity index (χ1v) is 7.89. The molecular formula is C17H19BClNO3. The van der Waals surface area contributed by atoms with E-state index in [1.165, 1.54) is 0 Å². The summed E-state index contributed by atoms with van der Waals surface area (Å²) in [5, 5.41) is 11.7. The molecule has 0 spiro atoms. The first kappa shape index (κ1) is 16.3. The van der Waals surface area contributed by atoms with Crippen molar-refractivity contribution in [2.45, 2.75) is 38.9 Å². The van der Waals surface area contributed by atoms with Crippen molar-refractivity contribution in [1.29, 1.82) is 0 Å². The predicted molar refractivity (Wildman–Crippen MR) is 94.8 cm³/mol. The summed E-state index contributed by atoms with van der Waals surface area (Å²) in [4.78, 5) is 4.40. The van der Waals surface area contributed by atoms with Crippen LogP contribution in [0.3, 0.4) is 0 Å². The van der Waals surface area contributed by atoms with Crippen LogP contribution in [0.25, 0.3) is 22.1 Å². The minimum absolute atomic E-state index is 0.344. The van der Waals surface area contributed by atoms with Crippen LogP contribution in [-0.4, -0.2) is 28.8 Å². The van der Waals surface area contributed by atoms with Crippen molar-refractivity contribution in [2.75, 3.05) is 0 Å². The number of aliphatic hydroxyl groups is 1. The highest BCUT2D eigenvalue weighted by atomic mass is 35.5. The van der Waals surface area contributed by atoms with Gasteiger partial charge in [0.1, 0.15) is 11.1 Å². The van der Waals surface area contributed by atoms with Crippen molar-refractivity contribution in [3.8, 4) is 0 Å². The van der Waals surface area contributed by atoms with Crippen molar-refractivity contribution in [3.05, 3.63) is 35.5 Å². The van der Waals surface area contributed by atoms with Gasteiger partial charge in [0.2, 0.25) is 0 Å². The Labute approximate surface area is 140 Å². The SMILES string of the molecule is CC(C)(O)C(C)(C)OBc1cccc2oc3c(Cl)ccnc3c12. The van der Waals surface area contributed by atoms with Crippen molar-refractivity contribution >= 4 is 46.6 Å². The molecule has 0 amide bonds. The van der Waals surface area contributed by atoms with Crippen molar-refractivity contribution in [2.24, 2.45) is 0 Å². The monoisotopic (exact) mass is 331 g/mol. The Morgan fingerprint density at radius 1 is 1.22 bits per heavy atom. The summed E-state index contributed by atoms with van der Waals surface area (Å²) in [7, 11) is 0.344. The Morgan fingerprint density at radius 3 is 2.65 bits per heavy atom. The third kappa shape index (κ3) is 2.85. The highest BCUT2D eigenvalue weighted by molar-refractivity contribution is 6.53. The molecule has 0 aliphatic heterocycles. The van der Waals surface area contributed by atoms with Crippen LogP contribution in [0.2, 0.25) is 5.02 Å². The lowest BCUT2D eigenvalue weighted by atomic mass is 9.81. The molecule has 0 bridgehead atoms. The van der Waals surface area contributed by atoms with Gasteiger partial charge in [-0.15, -0.1) is 0 Å². The van der Waals surface area contributed by atoms with E-state index in [2.05, 4.69) is 4.98 Å². The number of pyridine rings is 1. The second-order valence-electron chi connectivity index (χ2n) is 6.72. The summed E-state index contributed by atoms with van der Waals surface area (Å²) >= 11 is 6.19. The summed E-state index contributed by atoms with van der Waals surface area (Å²) in [6.45, 7) is 7.22. The molecule has 23 heavy (non-hydrogen) atoms. The van der Waals surface area contributed by atoms with Crippen molar-refractivity contribution < 1.29 is 14.2 Å². The number of halogens is 1. The molecule has 120 valence electrons. The third-order valence-electron chi connectivity index (χ3n) is 4.48. The lowest BCUT2D eigenvalue weighted by molar-refractivity contribution is -0.0893. The molecule has 6 heteroatoms. The summed E-state index contributed by atoms with van der Waals surface area (Å²) in [6.07, 6.45) is 1.66. The molecular weight excluding hydrogens is 312 g/mol. The average molecular weight is 332 g/mol. The van der Waals surface area contributed by atoms with Crippen molar-refractivity contribution in [3.63, 3.8) is 0 Å². The van der Waals surface area contributed by atoms with E-state index in [-0.39, 0.29) is 0 Å². The van der Waals surface area contributed by atoms with E-state index in [0.29, 0.717) is 18.1 Å². The normalized spacial score (nSPS) is 13.0. The molecule has 3 rings (SSSR count). The number of aromatic nitrogens is 1. The Bertz CT molecular complexity index is 867. The number of benzene rings is 1. The summed E-state index contributed by atoms with van der Waals surface area (Å²) in [5.41, 5.74) is 1.34. The van der Waals surface area contributed by atoms with E-state index in [1.54, 1.807) is 26.1 Å². The van der Waals surface area contributed by atoms with Gasteiger partial charge in [-0.1, -0.05) is 23.7 Å². The van der Waals surface area contributed by atoms with Crippen LogP contribution in [0, 0.1) is 0 Å². The van der Waals surface area contributed by atoms with E-state index >= 15 is 0 Å². The Balaban J connectivity index is 2.05. The summed E-state index contributed by atoms with van der Waals surface area (Å²) in [6, 6.07) is 7.48. The Kier molecular flexibility index (Phi) is 3.91. The molecule has 2 aromatic heterocycles. The van der Waals surface area contributed by atoms with E-state index < -0.39 is 11.2 Å². The molecule has 0 fully saturated rings. The van der Waals surface area contributed by atoms with Crippen LogP contribution in [0.15, 0.2) is 34.9 Å². The van der Waals surface area contributed by atoms with Crippen LogP contribution < -0.4 is 5.46 Å². The van der Waals surface area contributed by atoms with Crippen LogP contribution >= 0.6 is 11.6 Å². The van der Waals surface area contributed by atoms with Crippen LogP contribution in [0.1, 0.15) is 27.7 Å². The van der Waals surface area contributed by atoms with Gasteiger partial charge >= 0.3 is 7.48 Å². The van der Waals surface area contributed by atoms with Crippen LogP contribution in [-0.2, 0) is 4.65 Å². The Hall–Kier alpha value is -1.56. The van der Waals surface area contributed by atoms with Gasteiger partial charge in [0.05, 0.1) is 16.2 Å². The maximum atomic E-state index is 10.2. The molecule has 3 aromatic rings. The molecule has 4 nitrogen and oxygen atoms in total. The molecule has 0 aliphatic carbocycles. The molecule has 1 aromatic carbocycles. The quantitative estimate of drug-likeness (QED) is 0.746. The molecule has 0 saturated carbocycles. The number of hydrogen-bond acceptors (Lipinski definition) is 4. The lowest BCUT2D eigenvalue weighted by Gasteiger charge is -2.37. The van der Waals surface area contributed by atoms with Gasteiger partial charge in [-0.2, -0.15) is 0 Å². The predicted octanol–water partition coefficient (Wildman–Crippen LogP) is 3.18. The van der Waals surface area contributed by atoms with Gasteiger partial charge in [-0.25, -0.2) is 0 Å². The van der Waals surface area contributed by atoms with E-state index in [4.69, 9.17) is 20.7 Å². The number of rotatable bonds is 4. The van der Waals surface area contributed by atoms with Crippen LogP contribution in [0.5, 0.6) is 0 Å². The first-order valence-electron chi connectivity index (χ1n) is 7.52. The highest BCUT2D eigenvalue weighted by Gasteiger charge is 2.35. The molecule has 0 radical (unpaired) electrons. The molecule has 2 heterocycles. The maximum absolute atomic E-state index is 10.2. The zero-order valence-electron chi connectivity index (χ0n) is 13.7. The van der Waals surface area contributed by atoms with Gasteiger partial charge in [0.25, 0.3) is 0 Å². The highest BCUT2D eigenvalue weighted by Crippen LogP contribution is 2.31. The van der Waals surface area contributed by atoms with Crippen LogP contribution in [0.4, 0.5) is 0 Å². The zero-order chi connectivity index (χ0) is 16.8. The fourth-order valence-electron chi connectivity index (χ4n) is 2.30. The Morgan fingerprint density at radius 2 is 1.96 bits per heavy atom. The number of furan rings is 1. The third-order valence-corrected chi connectivity index (χ3v) is 4.78. The maximum Gasteiger partial charge on any atom is 0.310 e. The summed E-state index contributed by atoms with van der Waals surface area (Å²) in [5.74, 6) is 0. The lowest BCUT2D eigenvalue weighted by Crippen LogP contribution is -2.49. The fraction of sp³-hybridized carbons (Fsp3) is 0.353. The topological polar surface area (TPSA) is 55.5 Å². The fourth-order valence-corrected chi connectivity index (χ4v) is 2.48. The number of hydrogen-bond donors (Lipinski definition) is 1. The smallest absolute Gasteiger partial charge is 0.310 e. The molecule has 0 aliphatic rings. The second kappa shape index (κ2) is 5.51. The first-order chi connectivity index (χ1) is 10.7. The molecule has 1 N–H and O–H groups in total.